The van der Waals surface area contributed by atoms with Crippen molar-refractivity contribution >= 4 is 34.3 Å². The smallest absolute Gasteiger partial charge is 0.276 e. The fraction of sp³-hybridized carbons (Fsp3) is 0.154. The standard InChI is InChI=1S/C13H9ClN2O3S/c1-7-15-16-13(19-7)20-6-8-5-18-11-3-2-9(14)4-10(11)12(8)17/h2-5H,6H2,1H3. The molecule has 0 radical (unpaired) electrons. The van der Waals surface area contributed by atoms with Gasteiger partial charge in [-0.3, -0.25) is 4.79 Å². The summed E-state index contributed by atoms with van der Waals surface area (Å²) in [6, 6.07) is 4.97. The molecule has 0 aliphatic rings. The number of rotatable bonds is 3. The average molecular weight is 309 g/mol. The Kier molecular flexibility index (Phi) is 3.50. The monoisotopic (exact) mass is 308 g/mol. The highest BCUT2D eigenvalue weighted by Gasteiger charge is 2.10. The molecule has 0 spiro atoms. The maximum absolute atomic E-state index is 12.3. The van der Waals surface area contributed by atoms with Crippen LogP contribution in [0.2, 0.25) is 5.02 Å². The highest BCUT2D eigenvalue weighted by atomic mass is 35.5. The topological polar surface area (TPSA) is 69.1 Å². The van der Waals surface area contributed by atoms with Gasteiger partial charge in [0.15, 0.2) is 5.43 Å². The van der Waals surface area contributed by atoms with Gasteiger partial charge in [0.05, 0.1) is 11.6 Å². The molecule has 0 unspecified atom stereocenters. The van der Waals surface area contributed by atoms with E-state index < -0.39 is 0 Å². The SMILES string of the molecule is Cc1nnc(SCc2coc3ccc(Cl)cc3c2=O)o1. The van der Waals surface area contributed by atoms with Crippen molar-refractivity contribution < 1.29 is 8.83 Å². The molecule has 0 saturated carbocycles. The highest BCUT2D eigenvalue weighted by Crippen LogP contribution is 2.22. The molecule has 3 rings (SSSR count). The van der Waals surface area contributed by atoms with Crippen LogP contribution in [-0.2, 0) is 5.75 Å². The number of hydrogen-bond acceptors (Lipinski definition) is 6. The largest absolute Gasteiger partial charge is 0.464 e. The molecule has 0 amide bonds. The maximum atomic E-state index is 12.3. The van der Waals surface area contributed by atoms with Crippen LogP contribution < -0.4 is 5.43 Å². The minimum atomic E-state index is -0.0995. The van der Waals surface area contributed by atoms with Crippen molar-refractivity contribution in [2.24, 2.45) is 0 Å². The zero-order valence-corrected chi connectivity index (χ0v) is 12.0. The summed E-state index contributed by atoms with van der Waals surface area (Å²) >= 11 is 7.19. The minimum absolute atomic E-state index is 0.0995. The second-order valence-corrected chi connectivity index (χ2v) is 5.47. The molecule has 5 nitrogen and oxygen atoms in total. The lowest BCUT2D eigenvalue weighted by molar-refractivity contribution is 0.429. The Morgan fingerprint density at radius 2 is 2.20 bits per heavy atom. The molecule has 102 valence electrons. The van der Waals surface area contributed by atoms with Crippen LogP contribution in [0.3, 0.4) is 0 Å². The molecule has 0 aliphatic heterocycles. The van der Waals surface area contributed by atoms with E-state index in [9.17, 15) is 4.79 Å². The Morgan fingerprint density at radius 1 is 1.35 bits per heavy atom. The molecule has 7 heteroatoms. The Hall–Kier alpha value is -1.79. The molecular weight excluding hydrogens is 300 g/mol. The lowest BCUT2D eigenvalue weighted by Crippen LogP contribution is -2.07. The van der Waals surface area contributed by atoms with Gasteiger partial charge in [-0.05, 0) is 18.2 Å². The Bertz CT molecular complexity index is 828. The molecule has 2 heterocycles. The summed E-state index contributed by atoms with van der Waals surface area (Å²) in [5.74, 6) is 0.886. The first-order chi connectivity index (χ1) is 9.63. The van der Waals surface area contributed by atoms with Gasteiger partial charge in [-0.1, -0.05) is 23.4 Å². The van der Waals surface area contributed by atoms with Crippen LogP contribution in [0.25, 0.3) is 11.0 Å². The predicted molar refractivity (Wildman–Crippen MR) is 76.1 cm³/mol. The number of aromatic nitrogens is 2. The third kappa shape index (κ3) is 2.57. The van der Waals surface area contributed by atoms with Gasteiger partial charge < -0.3 is 8.83 Å². The molecule has 0 fully saturated rings. The van der Waals surface area contributed by atoms with Gasteiger partial charge >= 0.3 is 0 Å². The van der Waals surface area contributed by atoms with Crippen LogP contribution in [0.1, 0.15) is 11.5 Å². The first-order valence-corrected chi connectivity index (χ1v) is 7.13. The van der Waals surface area contributed by atoms with Crippen molar-refractivity contribution in [2.45, 2.75) is 17.9 Å². The normalized spacial score (nSPS) is 11.1. The first kappa shape index (κ1) is 13.2. The number of fused-ring (bicyclic) bond motifs is 1. The lowest BCUT2D eigenvalue weighted by atomic mass is 10.2. The van der Waals surface area contributed by atoms with E-state index >= 15 is 0 Å². The van der Waals surface area contributed by atoms with Gasteiger partial charge in [-0.2, -0.15) is 0 Å². The highest BCUT2D eigenvalue weighted by molar-refractivity contribution is 7.98. The van der Waals surface area contributed by atoms with E-state index in [1.807, 2.05) is 0 Å². The molecule has 0 saturated heterocycles. The van der Waals surface area contributed by atoms with Gasteiger partial charge in [0.1, 0.15) is 5.58 Å². The van der Waals surface area contributed by atoms with E-state index in [-0.39, 0.29) is 5.43 Å². The number of thioether (sulfide) groups is 1. The van der Waals surface area contributed by atoms with E-state index in [0.717, 1.165) is 0 Å². The number of hydrogen-bond donors (Lipinski definition) is 0. The van der Waals surface area contributed by atoms with Gasteiger partial charge in [0.2, 0.25) is 5.89 Å². The predicted octanol–water partition coefficient (Wildman–Crippen LogP) is 3.43. The molecular formula is C13H9ClN2O3S. The first-order valence-electron chi connectivity index (χ1n) is 5.76. The quantitative estimate of drug-likeness (QED) is 0.690. The molecule has 2 aromatic heterocycles. The maximum Gasteiger partial charge on any atom is 0.276 e. The van der Waals surface area contributed by atoms with Crippen LogP contribution in [-0.4, -0.2) is 10.2 Å². The number of halogens is 1. The molecule has 1 aromatic carbocycles. The van der Waals surface area contributed by atoms with Crippen molar-refractivity contribution in [3.05, 3.63) is 51.2 Å². The summed E-state index contributed by atoms with van der Waals surface area (Å²) in [5, 5.41) is 8.98. The summed E-state index contributed by atoms with van der Waals surface area (Å²) in [5.41, 5.74) is 0.944. The molecule has 20 heavy (non-hydrogen) atoms. The zero-order chi connectivity index (χ0) is 14.1. The fourth-order valence-corrected chi connectivity index (χ4v) is 2.65. The zero-order valence-electron chi connectivity index (χ0n) is 10.4. The average Bonchev–Trinajstić information content (AvgIpc) is 2.84. The van der Waals surface area contributed by atoms with Crippen LogP contribution in [0.15, 0.2) is 43.3 Å². The van der Waals surface area contributed by atoms with E-state index in [1.54, 1.807) is 25.1 Å². The van der Waals surface area contributed by atoms with Gasteiger partial charge in [-0.15, -0.1) is 10.2 Å². The second-order valence-electron chi connectivity index (χ2n) is 4.11. The lowest BCUT2D eigenvalue weighted by Gasteiger charge is -2.01. The molecule has 0 aliphatic carbocycles. The molecule has 0 atom stereocenters. The van der Waals surface area contributed by atoms with Crippen LogP contribution in [0.5, 0.6) is 0 Å². The Labute approximate surface area is 122 Å². The number of aryl methyl sites for hydroxylation is 1. The fourth-order valence-electron chi connectivity index (χ4n) is 1.72. The van der Waals surface area contributed by atoms with E-state index in [2.05, 4.69) is 10.2 Å². The van der Waals surface area contributed by atoms with Gasteiger partial charge in [0, 0.05) is 23.3 Å². The van der Waals surface area contributed by atoms with Crippen molar-refractivity contribution in [1.82, 2.24) is 10.2 Å². The van der Waals surface area contributed by atoms with E-state index in [4.69, 9.17) is 20.4 Å². The van der Waals surface area contributed by atoms with Crippen LogP contribution in [0.4, 0.5) is 0 Å². The van der Waals surface area contributed by atoms with E-state index in [0.29, 0.717) is 38.4 Å². The molecule has 0 N–H and O–H groups in total. The summed E-state index contributed by atoms with van der Waals surface area (Å²) in [7, 11) is 0. The summed E-state index contributed by atoms with van der Waals surface area (Å²) in [4.78, 5) is 12.3. The molecule has 0 bridgehead atoms. The third-order valence-corrected chi connectivity index (χ3v) is 3.77. The second kappa shape index (κ2) is 5.30. The Morgan fingerprint density at radius 3 is 2.95 bits per heavy atom. The van der Waals surface area contributed by atoms with Gasteiger partial charge in [-0.25, -0.2) is 0 Å². The summed E-state index contributed by atoms with van der Waals surface area (Å²) in [6.07, 6.45) is 1.45. The molecule has 3 aromatic rings. The number of benzene rings is 1. The summed E-state index contributed by atoms with van der Waals surface area (Å²) < 4.78 is 10.7. The number of nitrogens with zero attached hydrogens (tertiary/aromatic N) is 2. The van der Waals surface area contributed by atoms with Crippen molar-refractivity contribution in [2.75, 3.05) is 0 Å². The van der Waals surface area contributed by atoms with Crippen LogP contribution in [0, 0.1) is 6.92 Å². The third-order valence-electron chi connectivity index (χ3n) is 2.66. The van der Waals surface area contributed by atoms with Gasteiger partial charge in [0.25, 0.3) is 5.22 Å². The summed E-state index contributed by atoms with van der Waals surface area (Å²) in [6.45, 7) is 1.71. The van der Waals surface area contributed by atoms with E-state index in [1.165, 1.54) is 18.0 Å². The van der Waals surface area contributed by atoms with Crippen molar-refractivity contribution in [1.29, 1.82) is 0 Å². The minimum Gasteiger partial charge on any atom is -0.464 e. The van der Waals surface area contributed by atoms with Crippen molar-refractivity contribution in [3.8, 4) is 0 Å². The Balaban J connectivity index is 1.92. The van der Waals surface area contributed by atoms with Crippen LogP contribution >= 0.6 is 23.4 Å². The van der Waals surface area contributed by atoms with Crippen molar-refractivity contribution in [3.63, 3.8) is 0 Å².